The Morgan fingerprint density at radius 3 is 2.86 bits per heavy atom. The van der Waals surface area contributed by atoms with Crippen molar-refractivity contribution in [3.63, 3.8) is 0 Å². The summed E-state index contributed by atoms with van der Waals surface area (Å²) < 4.78 is 6.26. The van der Waals surface area contributed by atoms with E-state index in [9.17, 15) is 4.79 Å². The molecule has 1 amide bonds. The maximum Gasteiger partial charge on any atom is 0.277 e. The fourth-order valence-electron chi connectivity index (χ4n) is 1.68. The molecule has 6 heteroatoms. The number of hydrazone groups is 1. The van der Waals surface area contributed by atoms with Crippen LogP contribution in [0.3, 0.4) is 0 Å². The smallest absolute Gasteiger partial charge is 0.277 e. The fraction of sp³-hybridized carbons (Fsp3) is 0.188. The van der Waals surface area contributed by atoms with E-state index in [1.54, 1.807) is 13.1 Å². The molecular formula is C16H16BrN3O2. The number of halogens is 1. The van der Waals surface area contributed by atoms with Crippen LogP contribution in [0.25, 0.3) is 0 Å². The van der Waals surface area contributed by atoms with Crippen LogP contribution in [-0.2, 0) is 4.79 Å². The topological polar surface area (TPSA) is 63.6 Å². The highest BCUT2D eigenvalue weighted by Gasteiger charge is 2.06. The average molecular weight is 362 g/mol. The zero-order valence-corrected chi connectivity index (χ0v) is 13.9. The van der Waals surface area contributed by atoms with Gasteiger partial charge >= 0.3 is 0 Å². The van der Waals surface area contributed by atoms with Crippen LogP contribution in [-0.4, -0.2) is 23.2 Å². The van der Waals surface area contributed by atoms with Crippen molar-refractivity contribution in [2.75, 3.05) is 6.61 Å². The van der Waals surface area contributed by atoms with Gasteiger partial charge in [0, 0.05) is 6.20 Å². The van der Waals surface area contributed by atoms with Crippen LogP contribution in [0.4, 0.5) is 0 Å². The van der Waals surface area contributed by atoms with E-state index in [4.69, 9.17) is 4.74 Å². The first kappa shape index (κ1) is 16.2. The first-order valence-electron chi connectivity index (χ1n) is 6.70. The Hall–Kier alpha value is -2.21. The molecule has 1 heterocycles. The number of pyridine rings is 1. The molecule has 1 aromatic heterocycles. The maximum atomic E-state index is 11.8. The molecule has 0 saturated carbocycles. The number of hydrogen-bond acceptors (Lipinski definition) is 4. The number of rotatable bonds is 5. The summed E-state index contributed by atoms with van der Waals surface area (Å²) in [5.74, 6) is 0.286. The first-order valence-corrected chi connectivity index (χ1v) is 7.49. The molecule has 0 saturated heterocycles. The van der Waals surface area contributed by atoms with Crippen molar-refractivity contribution in [3.05, 3.63) is 58.3 Å². The van der Waals surface area contributed by atoms with E-state index < -0.39 is 0 Å². The predicted molar refractivity (Wildman–Crippen MR) is 89.0 cm³/mol. The van der Waals surface area contributed by atoms with Gasteiger partial charge in [0.25, 0.3) is 5.91 Å². The van der Waals surface area contributed by atoms with E-state index in [2.05, 4.69) is 31.4 Å². The lowest BCUT2D eigenvalue weighted by atomic mass is 10.2. The summed E-state index contributed by atoms with van der Waals surface area (Å²) in [5.41, 5.74) is 4.90. The van der Waals surface area contributed by atoms with Crippen LogP contribution < -0.4 is 10.2 Å². The Labute approximate surface area is 137 Å². The number of ether oxygens (including phenoxy) is 1. The molecule has 1 N–H and O–H groups in total. The lowest BCUT2D eigenvalue weighted by Crippen LogP contribution is -2.25. The molecule has 0 unspecified atom stereocenters. The highest BCUT2D eigenvalue weighted by molar-refractivity contribution is 9.10. The number of hydrogen-bond donors (Lipinski definition) is 1. The molecule has 0 fully saturated rings. The van der Waals surface area contributed by atoms with Gasteiger partial charge in [-0.15, -0.1) is 0 Å². The fourth-order valence-corrected chi connectivity index (χ4v) is 2.29. The Bertz CT molecular complexity index is 687. The second-order valence-electron chi connectivity index (χ2n) is 4.67. The standard InChI is InChI=1S/C16H16BrN3O2/c1-11-6-7-15(13(17)9-11)22-10-16(21)20-19-12(2)14-5-3-4-8-18-14/h3-9H,10H2,1-2H3,(H,20,21)/b19-12-. The van der Waals surface area contributed by atoms with E-state index in [1.807, 2.05) is 43.3 Å². The average Bonchev–Trinajstić information content (AvgIpc) is 2.52. The second-order valence-corrected chi connectivity index (χ2v) is 5.52. The van der Waals surface area contributed by atoms with Gasteiger partial charge in [-0.05, 0) is 59.6 Å². The first-order chi connectivity index (χ1) is 10.6. The summed E-state index contributed by atoms with van der Waals surface area (Å²) in [4.78, 5) is 15.9. The van der Waals surface area contributed by atoms with E-state index >= 15 is 0 Å². The minimum absolute atomic E-state index is 0.110. The van der Waals surface area contributed by atoms with Gasteiger partial charge in [-0.1, -0.05) is 12.1 Å². The van der Waals surface area contributed by atoms with Crippen molar-refractivity contribution in [2.24, 2.45) is 5.10 Å². The molecule has 0 radical (unpaired) electrons. The maximum absolute atomic E-state index is 11.8. The largest absolute Gasteiger partial charge is 0.483 e. The molecule has 0 atom stereocenters. The number of nitrogens with one attached hydrogen (secondary N) is 1. The molecule has 22 heavy (non-hydrogen) atoms. The number of benzene rings is 1. The highest BCUT2D eigenvalue weighted by atomic mass is 79.9. The van der Waals surface area contributed by atoms with E-state index in [0.717, 1.165) is 10.0 Å². The molecule has 2 aromatic rings. The Morgan fingerprint density at radius 1 is 1.36 bits per heavy atom. The third-order valence-corrected chi connectivity index (χ3v) is 3.45. The van der Waals surface area contributed by atoms with Crippen LogP contribution in [0.15, 0.2) is 52.2 Å². The van der Waals surface area contributed by atoms with Crippen LogP contribution in [0, 0.1) is 6.92 Å². The summed E-state index contributed by atoms with van der Waals surface area (Å²) >= 11 is 3.40. The molecule has 114 valence electrons. The summed E-state index contributed by atoms with van der Waals surface area (Å²) in [7, 11) is 0. The van der Waals surface area contributed by atoms with Crippen molar-refractivity contribution in [3.8, 4) is 5.75 Å². The van der Waals surface area contributed by atoms with Crippen molar-refractivity contribution in [1.82, 2.24) is 10.4 Å². The number of aromatic nitrogens is 1. The van der Waals surface area contributed by atoms with Gasteiger partial charge < -0.3 is 4.74 Å². The van der Waals surface area contributed by atoms with Gasteiger partial charge in [0.1, 0.15) is 5.75 Å². The highest BCUT2D eigenvalue weighted by Crippen LogP contribution is 2.25. The number of aryl methyl sites for hydroxylation is 1. The SMILES string of the molecule is C/C(=N/NC(=O)COc1ccc(C)cc1Br)c1ccccn1. The third-order valence-electron chi connectivity index (χ3n) is 2.83. The van der Waals surface area contributed by atoms with E-state index in [0.29, 0.717) is 17.2 Å². The van der Waals surface area contributed by atoms with E-state index in [1.165, 1.54) is 0 Å². The monoisotopic (exact) mass is 361 g/mol. The molecular weight excluding hydrogens is 346 g/mol. The van der Waals surface area contributed by atoms with Gasteiger partial charge in [-0.25, -0.2) is 5.43 Å². The van der Waals surface area contributed by atoms with Crippen molar-refractivity contribution in [1.29, 1.82) is 0 Å². The number of carbonyl (C=O) groups excluding carboxylic acids is 1. The Kier molecular flexibility index (Phi) is 5.66. The predicted octanol–water partition coefficient (Wildman–Crippen LogP) is 3.07. The molecule has 0 bridgehead atoms. The quantitative estimate of drug-likeness (QED) is 0.657. The number of carbonyl (C=O) groups is 1. The van der Waals surface area contributed by atoms with E-state index in [-0.39, 0.29) is 12.5 Å². The Morgan fingerprint density at radius 2 is 2.18 bits per heavy atom. The summed E-state index contributed by atoms with van der Waals surface area (Å²) in [6, 6.07) is 11.2. The molecule has 1 aromatic carbocycles. The number of amides is 1. The van der Waals surface area contributed by atoms with Crippen LogP contribution >= 0.6 is 15.9 Å². The molecule has 0 aliphatic rings. The summed E-state index contributed by atoms with van der Waals surface area (Å²) in [6.07, 6.45) is 1.67. The minimum atomic E-state index is -0.331. The lowest BCUT2D eigenvalue weighted by Gasteiger charge is -2.08. The minimum Gasteiger partial charge on any atom is -0.483 e. The summed E-state index contributed by atoms with van der Waals surface area (Å²) in [5, 5.41) is 4.01. The second kappa shape index (κ2) is 7.70. The van der Waals surface area contributed by atoms with Gasteiger partial charge in [0.05, 0.1) is 15.9 Å². The molecule has 0 aliphatic carbocycles. The third kappa shape index (κ3) is 4.66. The van der Waals surface area contributed by atoms with Gasteiger partial charge in [0.15, 0.2) is 6.61 Å². The van der Waals surface area contributed by atoms with Crippen LogP contribution in [0.5, 0.6) is 5.75 Å². The van der Waals surface area contributed by atoms with Gasteiger partial charge in [-0.3, -0.25) is 9.78 Å². The lowest BCUT2D eigenvalue weighted by molar-refractivity contribution is -0.123. The van der Waals surface area contributed by atoms with Crippen molar-refractivity contribution < 1.29 is 9.53 Å². The molecule has 2 rings (SSSR count). The molecule has 5 nitrogen and oxygen atoms in total. The Balaban J connectivity index is 1.88. The van der Waals surface area contributed by atoms with Crippen molar-refractivity contribution >= 4 is 27.5 Å². The van der Waals surface area contributed by atoms with Crippen LogP contribution in [0.2, 0.25) is 0 Å². The number of nitrogens with zero attached hydrogens (tertiary/aromatic N) is 2. The normalized spacial score (nSPS) is 11.1. The zero-order valence-electron chi connectivity index (χ0n) is 12.3. The van der Waals surface area contributed by atoms with Gasteiger partial charge in [0.2, 0.25) is 0 Å². The van der Waals surface area contributed by atoms with Gasteiger partial charge in [-0.2, -0.15) is 5.10 Å². The molecule has 0 aliphatic heterocycles. The molecule has 0 spiro atoms. The summed E-state index contributed by atoms with van der Waals surface area (Å²) in [6.45, 7) is 3.65. The zero-order chi connectivity index (χ0) is 15.9. The van der Waals surface area contributed by atoms with Crippen molar-refractivity contribution in [2.45, 2.75) is 13.8 Å². The van der Waals surface area contributed by atoms with Crippen LogP contribution in [0.1, 0.15) is 18.2 Å².